The van der Waals surface area contributed by atoms with Crippen molar-refractivity contribution in [1.82, 2.24) is 0 Å². The third-order valence-electron chi connectivity index (χ3n) is 1.60. The molecule has 0 unspecified atom stereocenters. The maximum absolute atomic E-state index is 5.24. The Hall–Kier alpha value is -0.474. The van der Waals surface area contributed by atoms with E-state index in [4.69, 9.17) is 4.74 Å². The normalized spacial score (nSPS) is 12.7. The Morgan fingerprint density at radius 3 is 2.91 bits per heavy atom. The average molecular weight is 158 g/mol. The van der Waals surface area contributed by atoms with Crippen LogP contribution in [0, 0.1) is 0 Å². The van der Waals surface area contributed by atoms with Crippen LogP contribution < -0.4 is 4.74 Å². The average Bonchev–Trinajstić information content (AvgIpc) is 2.05. The number of hydrogen-bond acceptors (Lipinski definition) is 1. The summed E-state index contributed by atoms with van der Waals surface area (Å²) in [4.78, 5) is 0. The molecule has 1 heterocycles. The Labute approximate surface area is 85.2 Å². The van der Waals surface area contributed by atoms with Crippen LogP contribution >= 0.6 is 0 Å². The number of rotatable bonds is 0. The van der Waals surface area contributed by atoms with Crippen molar-refractivity contribution in [3.63, 3.8) is 0 Å². The maximum Gasteiger partial charge on any atom is 2.00 e. The first-order valence-electron chi connectivity index (χ1n) is 3.36. The van der Waals surface area contributed by atoms with Gasteiger partial charge in [-0.05, 0) is 24.1 Å². The second-order valence-corrected chi connectivity index (χ2v) is 2.30. The van der Waals surface area contributed by atoms with E-state index in [-0.39, 0.29) is 25.9 Å². The van der Waals surface area contributed by atoms with Crippen LogP contribution in [-0.2, 0) is 6.42 Å². The third-order valence-corrected chi connectivity index (χ3v) is 1.60. The van der Waals surface area contributed by atoms with Crippen molar-refractivity contribution < 1.29 is 7.59 Å². The standard InChI is InChI=1S/C9H8O.Mg.2H/c1-2-6-9-8(4-1)5-3-7-10-9;;;/h1-4,6-7H,5H2;;;/q;+2;2*-1. The molecule has 0 aromatic heterocycles. The molecule has 54 valence electrons. The molecule has 2 rings (SSSR count). The molecule has 1 aromatic rings. The number of benzene rings is 1. The summed E-state index contributed by atoms with van der Waals surface area (Å²) >= 11 is 0. The molecule has 0 atom stereocenters. The number of fused-ring (bicyclic) bond motifs is 1. The Morgan fingerprint density at radius 2 is 2.09 bits per heavy atom. The van der Waals surface area contributed by atoms with E-state index in [0.29, 0.717) is 0 Å². The van der Waals surface area contributed by atoms with E-state index in [9.17, 15) is 0 Å². The smallest absolute Gasteiger partial charge is 1.00 e. The summed E-state index contributed by atoms with van der Waals surface area (Å²) in [7, 11) is 0. The predicted molar refractivity (Wildman–Crippen MR) is 47.9 cm³/mol. The van der Waals surface area contributed by atoms with Gasteiger partial charge in [0, 0.05) is 0 Å². The van der Waals surface area contributed by atoms with Gasteiger partial charge in [-0.2, -0.15) is 0 Å². The SMILES string of the molecule is C1=COc2ccccc2C1.[H-].[H-].[Mg+2]. The molecule has 0 spiro atoms. The molecule has 2 heteroatoms. The van der Waals surface area contributed by atoms with E-state index >= 15 is 0 Å². The molecule has 0 aliphatic carbocycles. The molecule has 1 aliphatic heterocycles. The van der Waals surface area contributed by atoms with Gasteiger partial charge in [0.2, 0.25) is 0 Å². The summed E-state index contributed by atoms with van der Waals surface area (Å²) in [5, 5.41) is 0. The molecular weight excluding hydrogens is 148 g/mol. The van der Waals surface area contributed by atoms with Gasteiger partial charge in [0.05, 0.1) is 6.26 Å². The van der Waals surface area contributed by atoms with Gasteiger partial charge in [-0.1, -0.05) is 18.2 Å². The fourth-order valence-corrected chi connectivity index (χ4v) is 1.08. The molecule has 0 N–H and O–H groups in total. The minimum Gasteiger partial charge on any atom is -1.00 e. The van der Waals surface area contributed by atoms with Crippen molar-refractivity contribution in [3.8, 4) is 5.75 Å². The molecule has 0 bridgehead atoms. The van der Waals surface area contributed by atoms with E-state index in [1.807, 2.05) is 24.3 Å². The van der Waals surface area contributed by atoms with E-state index in [1.54, 1.807) is 6.26 Å². The quantitative estimate of drug-likeness (QED) is 0.525. The van der Waals surface area contributed by atoms with Crippen LogP contribution in [0.5, 0.6) is 5.75 Å². The Balaban J connectivity index is 0. The van der Waals surface area contributed by atoms with E-state index < -0.39 is 0 Å². The largest absolute Gasteiger partial charge is 2.00 e. The zero-order chi connectivity index (χ0) is 6.81. The van der Waals surface area contributed by atoms with Gasteiger partial charge >= 0.3 is 23.1 Å². The zero-order valence-electron chi connectivity index (χ0n) is 8.29. The molecule has 0 fully saturated rings. The number of para-hydroxylation sites is 1. The van der Waals surface area contributed by atoms with E-state index in [2.05, 4.69) is 6.07 Å². The predicted octanol–water partition coefficient (Wildman–Crippen LogP) is 1.98. The molecule has 1 aliphatic rings. The summed E-state index contributed by atoms with van der Waals surface area (Å²) in [6.07, 6.45) is 4.75. The van der Waals surface area contributed by atoms with Gasteiger partial charge in [0.25, 0.3) is 0 Å². The molecule has 1 aromatic carbocycles. The second-order valence-electron chi connectivity index (χ2n) is 2.30. The minimum atomic E-state index is 0. The van der Waals surface area contributed by atoms with Crippen LogP contribution in [0.25, 0.3) is 0 Å². The van der Waals surface area contributed by atoms with Crippen LogP contribution in [0.3, 0.4) is 0 Å². The van der Waals surface area contributed by atoms with E-state index in [0.717, 1.165) is 12.2 Å². The van der Waals surface area contributed by atoms with Gasteiger partial charge < -0.3 is 7.59 Å². The maximum atomic E-state index is 5.24. The van der Waals surface area contributed by atoms with Gasteiger partial charge in [-0.25, -0.2) is 0 Å². The van der Waals surface area contributed by atoms with Gasteiger partial charge in [0.15, 0.2) is 0 Å². The zero-order valence-corrected chi connectivity index (χ0v) is 7.70. The van der Waals surface area contributed by atoms with E-state index in [1.165, 1.54) is 5.56 Å². The van der Waals surface area contributed by atoms with Crippen LogP contribution in [0.2, 0.25) is 0 Å². The van der Waals surface area contributed by atoms with Crippen molar-refractivity contribution in [1.29, 1.82) is 0 Å². The summed E-state index contributed by atoms with van der Waals surface area (Å²) in [6, 6.07) is 8.08. The Bertz CT molecular complexity index is 249. The first-order valence-corrected chi connectivity index (χ1v) is 3.36. The first-order chi connectivity index (χ1) is 4.97. The fourth-order valence-electron chi connectivity index (χ4n) is 1.08. The van der Waals surface area contributed by atoms with Gasteiger partial charge in [-0.15, -0.1) is 0 Å². The minimum absolute atomic E-state index is 0. The second kappa shape index (κ2) is 3.79. The van der Waals surface area contributed by atoms with Crippen LogP contribution in [-0.4, -0.2) is 23.1 Å². The molecule has 0 saturated carbocycles. The summed E-state index contributed by atoms with van der Waals surface area (Å²) in [5.41, 5.74) is 1.27. The number of hydrogen-bond donors (Lipinski definition) is 0. The number of ether oxygens (including phenoxy) is 1. The summed E-state index contributed by atoms with van der Waals surface area (Å²) in [5.74, 6) is 0.991. The molecule has 0 amide bonds. The fraction of sp³-hybridized carbons (Fsp3) is 0.111. The molecule has 1 nitrogen and oxygen atoms in total. The monoisotopic (exact) mass is 158 g/mol. The Kier molecular flexibility index (Phi) is 2.97. The van der Waals surface area contributed by atoms with Crippen LogP contribution in [0.1, 0.15) is 8.42 Å². The number of allylic oxidation sites excluding steroid dienone is 1. The Morgan fingerprint density at radius 1 is 1.27 bits per heavy atom. The van der Waals surface area contributed by atoms with Gasteiger partial charge in [0.1, 0.15) is 5.75 Å². The third kappa shape index (κ3) is 1.76. The summed E-state index contributed by atoms with van der Waals surface area (Å²) in [6.45, 7) is 0. The van der Waals surface area contributed by atoms with Crippen molar-refractivity contribution >= 4 is 23.1 Å². The van der Waals surface area contributed by atoms with Crippen LogP contribution in [0.15, 0.2) is 36.6 Å². The van der Waals surface area contributed by atoms with Crippen molar-refractivity contribution in [3.05, 3.63) is 42.2 Å². The van der Waals surface area contributed by atoms with Crippen molar-refractivity contribution in [2.75, 3.05) is 0 Å². The van der Waals surface area contributed by atoms with Crippen LogP contribution in [0.4, 0.5) is 0 Å². The summed E-state index contributed by atoms with van der Waals surface area (Å²) < 4.78 is 5.24. The topological polar surface area (TPSA) is 9.23 Å². The molecule has 11 heavy (non-hydrogen) atoms. The van der Waals surface area contributed by atoms with Crippen molar-refractivity contribution in [2.24, 2.45) is 0 Å². The molecule has 0 radical (unpaired) electrons. The molecular formula is C9H10MgO. The van der Waals surface area contributed by atoms with Gasteiger partial charge in [-0.3, -0.25) is 0 Å². The first kappa shape index (κ1) is 8.62. The van der Waals surface area contributed by atoms with Crippen molar-refractivity contribution in [2.45, 2.75) is 6.42 Å². The molecule has 0 saturated heterocycles.